The molecule has 0 aliphatic heterocycles. The van der Waals surface area contributed by atoms with Gasteiger partial charge >= 0.3 is 0 Å². The van der Waals surface area contributed by atoms with Gasteiger partial charge in [-0.15, -0.1) is 0 Å². The van der Waals surface area contributed by atoms with Crippen LogP contribution in [0.4, 0.5) is 0 Å². The molecule has 0 radical (unpaired) electrons. The summed E-state index contributed by atoms with van der Waals surface area (Å²) < 4.78 is 0. The van der Waals surface area contributed by atoms with Gasteiger partial charge in [0.1, 0.15) is 0 Å². The summed E-state index contributed by atoms with van der Waals surface area (Å²) in [6.07, 6.45) is 27.2. The number of hydrogen-bond donors (Lipinski definition) is 1. The number of nitrogens with one attached hydrogen (secondary N) is 1. The molecule has 0 spiro atoms. The third kappa shape index (κ3) is 16.6. The lowest BCUT2D eigenvalue weighted by atomic mass is 9.71. The van der Waals surface area contributed by atoms with E-state index in [1.165, 1.54) is 135 Å². The predicted octanol–water partition coefficient (Wildman–Crippen LogP) is 9.05. The van der Waals surface area contributed by atoms with Crippen LogP contribution in [0.3, 0.4) is 0 Å². The first-order valence-corrected chi connectivity index (χ1v) is 12.9. The van der Waals surface area contributed by atoms with Gasteiger partial charge in [0.15, 0.2) is 0 Å². The molecule has 27 heavy (non-hydrogen) atoms. The van der Waals surface area contributed by atoms with Crippen molar-refractivity contribution in [1.29, 1.82) is 0 Å². The summed E-state index contributed by atoms with van der Waals surface area (Å²) >= 11 is 0. The number of rotatable bonds is 22. The maximum Gasteiger partial charge on any atom is -0.00489 e. The molecule has 0 bridgehead atoms. The first-order chi connectivity index (χ1) is 13.2. The van der Waals surface area contributed by atoms with Crippen molar-refractivity contribution in [2.24, 2.45) is 5.41 Å². The molecule has 0 aromatic rings. The molecule has 0 unspecified atom stereocenters. The van der Waals surface area contributed by atoms with Crippen molar-refractivity contribution < 1.29 is 0 Å². The topological polar surface area (TPSA) is 12.0 Å². The molecule has 0 saturated carbocycles. The van der Waals surface area contributed by atoms with Crippen LogP contribution in [-0.2, 0) is 0 Å². The van der Waals surface area contributed by atoms with E-state index in [1.54, 1.807) is 0 Å². The lowest BCUT2D eigenvalue weighted by Crippen LogP contribution is -2.21. The van der Waals surface area contributed by atoms with E-state index in [4.69, 9.17) is 0 Å². The fraction of sp³-hybridized carbons (Fsp3) is 1.00. The minimum absolute atomic E-state index is 0.687. The zero-order valence-corrected chi connectivity index (χ0v) is 19.8. The second-order valence-electron chi connectivity index (χ2n) is 9.14. The lowest BCUT2D eigenvalue weighted by molar-refractivity contribution is 0.175. The van der Waals surface area contributed by atoms with Crippen LogP contribution in [0.1, 0.15) is 150 Å². The summed E-state index contributed by atoms with van der Waals surface area (Å²) in [4.78, 5) is 0. The van der Waals surface area contributed by atoms with Crippen molar-refractivity contribution in [3.8, 4) is 0 Å². The summed E-state index contributed by atoms with van der Waals surface area (Å²) in [7, 11) is 0. The smallest absolute Gasteiger partial charge is 0.00489 e. The Bertz CT molecular complexity index is 252. The molecule has 0 amide bonds. The van der Waals surface area contributed by atoms with Crippen molar-refractivity contribution in [1.82, 2.24) is 5.32 Å². The third-order valence-corrected chi connectivity index (χ3v) is 6.45. The Kier molecular flexibility index (Phi) is 20.7. The highest BCUT2D eigenvalue weighted by Crippen LogP contribution is 2.41. The van der Waals surface area contributed by atoms with Crippen LogP contribution in [0.5, 0.6) is 0 Å². The van der Waals surface area contributed by atoms with Crippen molar-refractivity contribution >= 4 is 0 Å². The molecule has 0 rings (SSSR count). The van der Waals surface area contributed by atoms with Gasteiger partial charge in [0, 0.05) is 0 Å². The minimum Gasteiger partial charge on any atom is -0.317 e. The van der Waals surface area contributed by atoms with E-state index in [0.29, 0.717) is 5.41 Å². The number of unbranched alkanes of at least 4 members (excludes halogenated alkanes) is 10. The molecule has 0 saturated heterocycles. The third-order valence-electron chi connectivity index (χ3n) is 6.45. The molecule has 164 valence electrons. The summed E-state index contributed by atoms with van der Waals surface area (Å²) in [6, 6.07) is 0. The van der Waals surface area contributed by atoms with Crippen LogP contribution in [0.15, 0.2) is 0 Å². The molecule has 1 heteroatoms. The average Bonchev–Trinajstić information content (AvgIpc) is 2.69. The van der Waals surface area contributed by atoms with E-state index < -0.39 is 0 Å². The van der Waals surface area contributed by atoms with Crippen molar-refractivity contribution in [3.05, 3.63) is 0 Å². The highest BCUT2D eigenvalue weighted by Gasteiger charge is 2.27. The van der Waals surface area contributed by atoms with Gasteiger partial charge < -0.3 is 5.32 Å². The Hall–Kier alpha value is -0.0400. The molecule has 0 aromatic carbocycles. The van der Waals surface area contributed by atoms with Crippen molar-refractivity contribution in [3.63, 3.8) is 0 Å². The van der Waals surface area contributed by atoms with Gasteiger partial charge in [-0.1, -0.05) is 111 Å². The molecule has 1 nitrogen and oxygen atoms in total. The summed E-state index contributed by atoms with van der Waals surface area (Å²) in [5.41, 5.74) is 0.687. The maximum absolute atomic E-state index is 3.56. The van der Waals surface area contributed by atoms with Gasteiger partial charge in [0.05, 0.1) is 0 Å². The van der Waals surface area contributed by atoms with E-state index in [0.717, 1.165) is 0 Å². The lowest BCUT2D eigenvalue weighted by Gasteiger charge is -2.35. The van der Waals surface area contributed by atoms with E-state index >= 15 is 0 Å². The van der Waals surface area contributed by atoms with Crippen molar-refractivity contribution in [2.75, 3.05) is 13.1 Å². The summed E-state index contributed by atoms with van der Waals surface area (Å²) in [5, 5.41) is 3.56. The molecular weight excluding hydrogens is 326 g/mol. The Morgan fingerprint density at radius 1 is 0.407 bits per heavy atom. The quantitative estimate of drug-likeness (QED) is 0.184. The normalized spacial score (nSPS) is 12.0. The Balaban J connectivity index is 3.89. The highest BCUT2D eigenvalue weighted by atomic mass is 14.8. The summed E-state index contributed by atoms with van der Waals surface area (Å²) in [6.45, 7) is 11.8. The Morgan fingerprint density at radius 2 is 0.778 bits per heavy atom. The molecule has 0 aliphatic rings. The van der Waals surface area contributed by atoms with Crippen molar-refractivity contribution in [2.45, 2.75) is 150 Å². The SMILES string of the molecule is CCCCNCCCCCCCCCC(CCCC)(CCCC)CCCC. The molecule has 0 heterocycles. The first kappa shape index (κ1) is 27.0. The minimum atomic E-state index is 0.687. The molecule has 0 aliphatic carbocycles. The van der Waals surface area contributed by atoms with Crippen LogP contribution in [-0.4, -0.2) is 13.1 Å². The second kappa shape index (κ2) is 20.7. The average molecular weight is 382 g/mol. The molecule has 0 aromatic heterocycles. The monoisotopic (exact) mass is 381 g/mol. The Morgan fingerprint density at radius 3 is 1.26 bits per heavy atom. The van der Waals surface area contributed by atoms with Gasteiger partial charge in [0.2, 0.25) is 0 Å². The second-order valence-corrected chi connectivity index (χ2v) is 9.14. The Labute approximate surface area is 173 Å². The predicted molar refractivity (Wildman–Crippen MR) is 126 cm³/mol. The van der Waals surface area contributed by atoms with Crippen LogP contribution >= 0.6 is 0 Å². The van der Waals surface area contributed by atoms with E-state index in [-0.39, 0.29) is 0 Å². The van der Waals surface area contributed by atoms with Gasteiger partial charge in [-0.05, 0) is 57.0 Å². The van der Waals surface area contributed by atoms with Crippen LogP contribution in [0.2, 0.25) is 0 Å². The van der Waals surface area contributed by atoms with Crippen LogP contribution < -0.4 is 5.32 Å². The molecule has 0 atom stereocenters. The standard InChI is InChI=1S/C26H55N/c1-5-9-20-26(21-10-6-2,22-11-7-3)23-18-16-14-13-15-17-19-25-27-24-12-8-4/h27H,5-25H2,1-4H3. The van der Waals surface area contributed by atoms with Gasteiger partial charge in [0.25, 0.3) is 0 Å². The zero-order valence-electron chi connectivity index (χ0n) is 19.8. The highest BCUT2D eigenvalue weighted by molar-refractivity contribution is 4.79. The fourth-order valence-electron chi connectivity index (χ4n) is 4.47. The molecule has 0 fully saturated rings. The van der Waals surface area contributed by atoms with Crippen LogP contribution in [0.25, 0.3) is 0 Å². The van der Waals surface area contributed by atoms with Crippen LogP contribution in [0, 0.1) is 5.41 Å². The van der Waals surface area contributed by atoms with E-state index in [9.17, 15) is 0 Å². The van der Waals surface area contributed by atoms with Gasteiger partial charge in [-0.25, -0.2) is 0 Å². The maximum atomic E-state index is 3.56. The summed E-state index contributed by atoms with van der Waals surface area (Å²) in [5.74, 6) is 0. The van der Waals surface area contributed by atoms with Gasteiger partial charge in [-0.2, -0.15) is 0 Å². The number of hydrogen-bond acceptors (Lipinski definition) is 1. The van der Waals surface area contributed by atoms with E-state index in [1.807, 2.05) is 0 Å². The largest absolute Gasteiger partial charge is 0.317 e. The van der Waals surface area contributed by atoms with Gasteiger partial charge in [-0.3, -0.25) is 0 Å². The fourth-order valence-corrected chi connectivity index (χ4v) is 4.47. The molecular formula is C26H55N. The molecule has 1 N–H and O–H groups in total. The zero-order chi connectivity index (χ0) is 20.1. The first-order valence-electron chi connectivity index (χ1n) is 12.9. The van der Waals surface area contributed by atoms with E-state index in [2.05, 4.69) is 33.0 Å².